The van der Waals surface area contributed by atoms with Crippen LogP contribution in [0.3, 0.4) is 0 Å². The van der Waals surface area contributed by atoms with Crippen molar-refractivity contribution in [3.63, 3.8) is 0 Å². The number of amidine groups is 1. The standard InChI is InChI=1S/C25H34N6O3/c1-17-12-29(13-18-4-6-19(7-5-18)24(32)28(2)3)14-21(17)23-26-22-15-30(16-31(22)25(33)27-23)20-8-10-34-11-9-20/h4-7,15,17,20-21H,8-14,16H2,1-3H3,(H,26,27,33). The summed E-state index contributed by atoms with van der Waals surface area (Å²) >= 11 is 0. The highest BCUT2D eigenvalue weighted by Crippen LogP contribution is 2.30. The van der Waals surface area contributed by atoms with Crippen molar-refractivity contribution in [3.8, 4) is 0 Å². The Kier molecular flexibility index (Phi) is 6.31. The zero-order valence-corrected chi connectivity index (χ0v) is 20.2. The van der Waals surface area contributed by atoms with Crippen LogP contribution in [-0.4, -0.2) is 90.5 Å². The fourth-order valence-corrected chi connectivity index (χ4v) is 5.32. The summed E-state index contributed by atoms with van der Waals surface area (Å²) < 4.78 is 5.48. The van der Waals surface area contributed by atoms with E-state index in [9.17, 15) is 9.59 Å². The number of hydrogen-bond acceptors (Lipinski definition) is 6. The van der Waals surface area contributed by atoms with Gasteiger partial charge in [0.25, 0.3) is 5.91 Å². The van der Waals surface area contributed by atoms with Crippen molar-refractivity contribution >= 4 is 17.8 Å². The Morgan fingerprint density at radius 1 is 1.18 bits per heavy atom. The molecule has 1 N–H and O–H groups in total. The smallest absolute Gasteiger partial charge is 0.329 e. The van der Waals surface area contributed by atoms with Crippen LogP contribution in [-0.2, 0) is 11.3 Å². The summed E-state index contributed by atoms with van der Waals surface area (Å²) in [4.78, 5) is 37.9. The van der Waals surface area contributed by atoms with E-state index in [1.54, 1.807) is 23.9 Å². The van der Waals surface area contributed by atoms with E-state index in [0.29, 0.717) is 24.2 Å². The molecule has 4 aliphatic rings. The van der Waals surface area contributed by atoms with Gasteiger partial charge >= 0.3 is 6.03 Å². The Labute approximate surface area is 201 Å². The zero-order chi connectivity index (χ0) is 23.8. The molecule has 4 heterocycles. The number of ether oxygens (including phenoxy) is 1. The number of fused-ring (bicyclic) bond motifs is 1. The molecular formula is C25H34N6O3. The first-order valence-electron chi connectivity index (χ1n) is 12.1. The van der Waals surface area contributed by atoms with E-state index in [0.717, 1.165) is 57.3 Å². The molecule has 1 aromatic rings. The quantitative estimate of drug-likeness (QED) is 0.719. The van der Waals surface area contributed by atoms with E-state index in [4.69, 9.17) is 9.73 Å². The molecule has 2 unspecified atom stereocenters. The van der Waals surface area contributed by atoms with E-state index in [1.165, 1.54) is 5.56 Å². The molecular weight excluding hydrogens is 432 g/mol. The van der Waals surface area contributed by atoms with Crippen LogP contribution in [0.4, 0.5) is 4.79 Å². The number of amides is 3. The summed E-state index contributed by atoms with van der Waals surface area (Å²) in [5.41, 5.74) is 1.87. The van der Waals surface area contributed by atoms with E-state index < -0.39 is 0 Å². The zero-order valence-electron chi connectivity index (χ0n) is 20.2. The van der Waals surface area contributed by atoms with Gasteiger partial charge in [0.05, 0.1) is 0 Å². The molecule has 0 aliphatic carbocycles. The molecule has 2 saturated heterocycles. The second-order valence-corrected chi connectivity index (χ2v) is 10.0. The molecule has 0 aromatic heterocycles. The lowest BCUT2D eigenvalue weighted by atomic mass is 9.96. The third-order valence-electron chi connectivity index (χ3n) is 7.29. The van der Waals surface area contributed by atoms with Crippen LogP contribution in [0.25, 0.3) is 0 Å². The SMILES string of the molecule is CC1CN(Cc2ccc(C(=O)N(C)C)cc2)CC1C1=NC2=CN(C3CCOCC3)CN2C(=O)N1. The van der Waals surface area contributed by atoms with Gasteiger partial charge in [-0.25, -0.2) is 9.79 Å². The maximum absolute atomic E-state index is 12.9. The third-order valence-corrected chi connectivity index (χ3v) is 7.29. The summed E-state index contributed by atoms with van der Waals surface area (Å²) in [5, 5.41) is 3.07. The lowest BCUT2D eigenvalue weighted by Gasteiger charge is -2.32. The molecule has 1 aromatic carbocycles. The number of likely N-dealkylation sites (tertiary alicyclic amines) is 1. The average molecular weight is 467 g/mol. The first-order chi connectivity index (χ1) is 16.4. The third kappa shape index (κ3) is 4.54. The molecule has 0 saturated carbocycles. The molecule has 0 bridgehead atoms. The minimum absolute atomic E-state index is 0.0121. The van der Waals surface area contributed by atoms with Crippen LogP contribution >= 0.6 is 0 Å². The lowest BCUT2D eigenvalue weighted by molar-refractivity contribution is 0.0459. The maximum atomic E-state index is 12.9. The molecule has 4 aliphatic heterocycles. The van der Waals surface area contributed by atoms with Crippen LogP contribution in [0.5, 0.6) is 0 Å². The van der Waals surface area contributed by atoms with Crippen LogP contribution in [0, 0.1) is 11.8 Å². The number of hydrogen-bond donors (Lipinski definition) is 1. The highest BCUT2D eigenvalue weighted by Gasteiger charge is 2.40. The molecule has 5 rings (SSSR count). The minimum atomic E-state index is -0.0855. The Morgan fingerprint density at radius 2 is 1.91 bits per heavy atom. The number of aliphatic imine (C=N–C) groups is 1. The largest absolute Gasteiger partial charge is 0.381 e. The molecule has 3 amide bonds. The van der Waals surface area contributed by atoms with E-state index >= 15 is 0 Å². The highest BCUT2D eigenvalue weighted by molar-refractivity contribution is 6.02. The van der Waals surface area contributed by atoms with Gasteiger partial charge in [0, 0.05) is 70.7 Å². The topological polar surface area (TPSA) is 80.7 Å². The predicted molar refractivity (Wildman–Crippen MR) is 129 cm³/mol. The van der Waals surface area contributed by atoms with Gasteiger partial charge in [-0.15, -0.1) is 0 Å². The van der Waals surface area contributed by atoms with Gasteiger partial charge < -0.3 is 14.5 Å². The van der Waals surface area contributed by atoms with Crippen LogP contribution in [0.1, 0.15) is 35.7 Å². The number of carbonyl (C=O) groups is 2. The van der Waals surface area contributed by atoms with E-state index in [1.807, 2.05) is 30.5 Å². The van der Waals surface area contributed by atoms with Gasteiger partial charge in [-0.05, 0) is 36.5 Å². The van der Waals surface area contributed by atoms with Crippen molar-refractivity contribution in [1.29, 1.82) is 0 Å². The van der Waals surface area contributed by atoms with Gasteiger partial charge in [0.1, 0.15) is 12.5 Å². The predicted octanol–water partition coefficient (Wildman–Crippen LogP) is 2.13. The number of urea groups is 1. The van der Waals surface area contributed by atoms with Crippen molar-refractivity contribution in [2.75, 3.05) is 47.1 Å². The number of nitrogens with zero attached hydrogens (tertiary/aromatic N) is 5. The van der Waals surface area contributed by atoms with E-state index in [-0.39, 0.29) is 17.9 Å². The molecule has 182 valence electrons. The van der Waals surface area contributed by atoms with Crippen LogP contribution in [0.2, 0.25) is 0 Å². The first-order valence-corrected chi connectivity index (χ1v) is 12.1. The number of rotatable bonds is 5. The number of nitrogens with one attached hydrogen (secondary N) is 1. The Balaban J connectivity index is 1.25. The molecule has 0 radical (unpaired) electrons. The van der Waals surface area contributed by atoms with Crippen LogP contribution < -0.4 is 5.32 Å². The van der Waals surface area contributed by atoms with Gasteiger partial charge in [-0.1, -0.05) is 19.1 Å². The Hall–Kier alpha value is -2.91. The average Bonchev–Trinajstić information content (AvgIpc) is 3.43. The normalized spacial score (nSPS) is 25.7. The monoisotopic (exact) mass is 466 g/mol. The maximum Gasteiger partial charge on any atom is 0.329 e. The second kappa shape index (κ2) is 9.38. The van der Waals surface area contributed by atoms with Crippen molar-refractivity contribution in [3.05, 3.63) is 47.4 Å². The van der Waals surface area contributed by atoms with Gasteiger partial charge in [-0.2, -0.15) is 0 Å². The fraction of sp³-hybridized carbons (Fsp3) is 0.560. The molecule has 2 fully saturated rings. The van der Waals surface area contributed by atoms with Crippen molar-refractivity contribution < 1.29 is 14.3 Å². The Morgan fingerprint density at radius 3 is 2.62 bits per heavy atom. The van der Waals surface area contributed by atoms with E-state index in [2.05, 4.69) is 22.0 Å². The number of carbonyl (C=O) groups excluding carboxylic acids is 2. The fourth-order valence-electron chi connectivity index (χ4n) is 5.32. The second-order valence-electron chi connectivity index (χ2n) is 10.0. The number of benzene rings is 1. The molecule has 0 spiro atoms. The summed E-state index contributed by atoms with van der Waals surface area (Å²) in [5.74, 6) is 2.10. The summed E-state index contributed by atoms with van der Waals surface area (Å²) in [6.07, 6.45) is 4.01. The molecule has 2 atom stereocenters. The summed E-state index contributed by atoms with van der Waals surface area (Å²) in [7, 11) is 3.52. The van der Waals surface area contributed by atoms with Crippen molar-refractivity contribution in [2.45, 2.75) is 32.4 Å². The van der Waals surface area contributed by atoms with Crippen molar-refractivity contribution in [2.24, 2.45) is 16.8 Å². The minimum Gasteiger partial charge on any atom is -0.381 e. The summed E-state index contributed by atoms with van der Waals surface area (Å²) in [6, 6.07) is 8.16. The summed E-state index contributed by atoms with van der Waals surface area (Å²) in [6.45, 7) is 6.92. The highest BCUT2D eigenvalue weighted by atomic mass is 16.5. The van der Waals surface area contributed by atoms with Crippen molar-refractivity contribution in [1.82, 2.24) is 24.9 Å². The van der Waals surface area contributed by atoms with Crippen LogP contribution in [0.15, 0.2) is 41.3 Å². The molecule has 34 heavy (non-hydrogen) atoms. The van der Waals surface area contributed by atoms with Gasteiger partial charge in [0.2, 0.25) is 0 Å². The van der Waals surface area contributed by atoms with Gasteiger partial charge in [-0.3, -0.25) is 19.9 Å². The van der Waals surface area contributed by atoms with Gasteiger partial charge in [0.15, 0.2) is 5.82 Å². The first kappa shape index (κ1) is 22.9. The molecule has 9 nitrogen and oxygen atoms in total. The molecule has 9 heteroatoms. The Bertz CT molecular complexity index is 998. The lowest BCUT2D eigenvalue weighted by Crippen LogP contribution is -2.50.